The van der Waals surface area contributed by atoms with Gasteiger partial charge < -0.3 is 21.1 Å². The maximum absolute atomic E-state index is 11.4. The number of phenols is 2. The van der Waals surface area contributed by atoms with E-state index in [1.54, 1.807) is 0 Å². The number of primary amides is 1. The first-order valence-electron chi connectivity index (χ1n) is 4.93. The van der Waals surface area contributed by atoms with Gasteiger partial charge in [-0.05, 0) is 29.0 Å². The van der Waals surface area contributed by atoms with Crippen LogP contribution in [0.3, 0.4) is 0 Å². The molecular weight excluding hydrogens is 238 g/mol. The summed E-state index contributed by atoms with van der Waals surface area (Å²) in [6, 6.07) is 5.22. The van der Waals surface area contributed by atoms with E-state index in [1.165, 1.54) is 24.3 Å². The van der Waals surface area contributed by atoms with Crippen molar-refractivity contribution >= 4 is 22.6 Å². The van der Waals surface area contributed by atoms with Crippen molar-refractivity contribution in [2.24, 2.45) is 5.73 Å². The molecule has 0 bridgehead atoms. The van der Waals surface area contributed by atoms with Gasteiger partial charge in [-0.2, -0.15) is 0 Å². The summed E-state index contributed by atoms with van der Waals surface area (Å²) in [7, 11) is 0. The fourth-order valence-corrected chi connectivity index (χ4v) is 1.84. The van der Waals surface area contributed by atoms with Gasteiger partial charge in [0, 0.05) is 0 Å². The Kier molecular flexibility index (Phi) is 2.55. The maximum atomic E-state index is 11.4. The summed E-state index contributed by atoms with van der Waals surface area (Å²) in [5.41, 5.74) is 4.25. The van der Waals surface area contributed by atoms with Crippen LogP contribution in [-0.4, -0.2) is 27.2 Å². The van der Waals surface area contributed by atoms with Crippen LogP contribution in [0.2, 0.25) is 0 Å². The number of carboxylic acids is 1. The van der Waals surface area contributed by atoms with Gasteiger partial charge in [-0.15, -0.1) is 0 Å². The number of aromatic carboxylic acids is 1. The SMILES string of the molecule is NC(=O)c1c(C(=O)O)c(O)cc2ccc(O)cc12. The lowest BCUT2D eigenvalue weighted by Crippen LogP contribution is -2.17. The largest absolute Gasteiger partial charge is 0.508 e. The van der Waals surface area contributed by atoms with Gasteiger partial charge in [-0.25, -0.2) is 4.79 Å². The molecule has 0 spiro atoms. The highest BCUT2D eigenvalue weighted by atomic mass is 16.4. The third kappa shape index (κ3) is 1.69. The number of nitrogens with two attached hydrogens (primary N) is 1. The van der Waals surface area contributed by atoms with Gasteiger partial charge in [0.1, 0.15) is 17.1 Å². The Morgan fingerprint density at radius 3 is 2.28 bits per heavy atom. The van der Waals surface area contributed by atoms with Gasteiger partial charge in [0.15, 0.2) is 0 Å². The molecule has 0 aliphatic rings. The molecular formula is C12H9NO5. The van der Waals surface area contributed by atoms with E-state index < -0.39 is 23.2 Å². The summed E-state index contributed by atoms with van der Waals surface area (Å²) < 4.78 is 0. The molecule has 0 heterocycles. The number of aromatic hydroxyl groups is 2. The lowest BCUT2D eigenvalue weighted by atomic mass is 9.97. The molecule has 2 rings (SSSR count). The summed E-state index contributed by atoms with van der Waals surface area (Å²) in [6.45, 7) is 0. The monoisotopic (exact) mass is 247 g/mol. The summed E-state index contributed by atoms with van der Waals surface area (Å²) in [5, 5.41) is 28.6. The van der Waals surface area contributed by atoms with Crippen molar-refractivity contribution in [1.29, 1.82) is 0 Å². The predicted octanol–water partition coefficient (Wildman–Crippen LogP) is 1.05. The molecule has 5 N–H and O–H groups in total. The van der Waals surface area contributed by atoms with Crippen molar-refractivity contribution in [2.75, 3.05) is 0 Å². The van der Waals surface area contributed by atoms with Gasteiger partial charge in [0.25, 0.3) is 0 Å². The van der Waals surface area contributed by atoms with Crippen LogP contribution >= 0.6 is 0 Å². The van der Waals surface area contributed by atoms with E-state index in [9.17, 15) is 19.8 Å². The maximum Gasteiger partial charge on any atom is 0.340 e. The van der Waals surface area contributed by atoms with E-state index in [0.717, 1.165) is 0 Å². The summed E-state index contributed by atoms with van der Waals surface area (Å²) >= 11 is 0. The molecule has 0 radical (unpaired) electrons. The van der Waals surface area contributed by atoms with Crippen LogP contribution in [0.25, 0.3) is 10.8 Å². The number of fused-ring (bicyclic) bond motifs is 1. The quantitative estimate of drug-likeness (QED) is 0.632. The molecule has 0 aromatic heterocycles. The van der Waals surface area contributed by atoms with Crippen LogP contribution in [0.15, 0.2) is 24.3 Å². The molecule has 6 nitrogen and oxygen atoms in total. The minimum Gasteiger partial charge on any atom is -0.508 e. The van der Waals surface area contributed by atoms with Crippen LogP contribution in [0, 0.1) is 0 Å². The molecule has 2 aromatic rings. The molecule has 0 aliphatic carbocycles. The number of amides is 1. The molecule has 0 unspecified atom stereocenters. The molecule has 18 heavy (non-hydrogen) atoms. The molecule has 0 fully saturated rings. The van der Waals surface area contributed by atoms with Crippen LogP contribution in [0.5, 0.6) is 11.5 Å². The van der Waals surface area contributed by atoms with Gasteiger partial charge in [0.2, 0.25) is 5.91 Å². The smallest absolute Gasteiger partial charge is 0.340 e. The molecule has 6 heteroatoms. The van der Waals surface area contributed by atoms with Crippen LogP contribution < -0.4 is 5.73 Å². The topological polar surface area (TPSA) is 121 Å². The zero-order valence-corrected chi connectivity index (χ0v) is 9.04. The number of benzene rings is 2. The van der Waals surface area contributed by atoms with E-state index in [0.29, 0.717) is 5.39 Å². The Morgan fingerprint density at radius 2 is 1.72 bits per heavy atom. The van der Waals surface area contributed by atoms with Crippen LogP contribution in [-0.2, 0) is 0 Å². The predicted molar refractivity (Wildman–Crippen MR) is 62.8 cm³/mol. The Labute approximate surface area is 101 Å². The number of carbonyl (C=O) groups excluding carboxylic acids is 1. The normalized spacial score (nSPS) is 10.4. The summed E-state index contributed by atoms with van der Waals surface area (Å²) in [5.74, 6) is -3.13. The highest BCUT2D eigenvalue weighted by Gasteiger charge is 2.22. The first-order chi connectivity index (χ1) is 8.41. The van der Waals surface area contributed by atoms with Crippen molar-refractivity contribution in [3.63, 3.8) is 0 Å². The zero-order valence-electron chi connectivity index (χ0n) is 9.04. The molecule has 0 aliphatic heterocycles. The number of hydrogen-bond acceptors (Lipinski definition) is 4. The van der Waals surface area contributed by atoms with Gasteiger partial charge in [-0.1, -0.05) is 6.07 Å². The van der Waals surface area contributed by atoms with Gasteiger partial charge in [-0.3, -0.25) is 4.79 Å². The number of carbonyl (C=O) groups is 2. The lowest BCUT2D eigenvalue weighted by molar-refractivity contribution is 0.0689. The van der Waals surface area contributed by atoms with E-state index >= 15 is 0 Å². The second-order valence-electron chi connectivity index (χ2n) is 3.72. The standard InChI is InChI=1S/C12H9NO5/c13-11(16)9-7-4-6(14)2-1-5(7)3-8(15)10(9)12(17)18/h1-4,14-15H,(H2,13,16)(H,17,18). The highest BCUT2D eigenvalue weighted by Crippen LogP contribution is 2.32. The molecule has 0 saturated carbocycles. The first kappa shape index (κ1) is 11.7. The van der Waals surface area contributed by atoms with E-state index in [-0.39, 0.29) is 16.7 Å². The van der Waals surface area contributed by atoms with Gasteiger partial charge in [0.05, 0.1) is 5.56 Å². The zero-order chi connectivity index (χ0) is 13.4. The molecule has 2 aromatic carbocycles. The third-order valence-corrected chi connectivity index (χ3v) is 2.56. The van der Waals surface area contributed by atoms with Crippen molar-refractivity contribution in [2.45, 2.75) is 0 Å². The first-order valence-corrected chi connectivity index (χ1v) is 4.93. The second kappa shape index (κ2) is 3.92. The Balaban J connectivity index is 3.01. The fraction of sp³-hybridized carbons (Fsp3) is 0. The number of carboxylic acid groups (broad SMARTS) is 1. The van der Waals surface area contributed by atoms with Crippen molar-refractivity contribution in [1.82, 2.24) is 0 Å². The van der Waals surface area contributed by atoms with Crippen LogP contribution in [0.1, 0.15) is 20.7 Å². The Bertz CT molecular complexity index is 678. The second-order valence-corrected chi connectivity index (χ2v) is 3.72. The number of rotatable bonds is 2. The van der Waals surface area contributed by atoms with E-state index in [2.05, 4.69) is 0 Å². The summed E-state index contributed by atoms with van der Waals surface area (Å²) in [6.07, 6.45) is 0. The number of hydrogen-bond donors (Lipinski definition) is 4. The van der Waals surface area contributed by atoms with Crippen LogP contribution in [0.4, 0.5) is 0 Å². The molecule has 1 amide bonds. The minimum atomic E-state index is -1.47. The third-order valence-electron chi connectivity index (χ3n) is 2.56. The van der Waals surface area contributed by atoms with Crippen molar-refractivity contribution in [3.05, 3.63) is 35.4 Å². The number of phenolic OH excluding ortho intramolecular Hbond substituents is 1. The Morgan fingerprint density at radius 1 is 1.06 bits per heavy atom. The Hall–Kier alpha value is -2.76. The summed E-state index contributed by atoms with van der Waals surface area (Å²) in [4.78, 5) is 22.4. The average Bonchev–Trinajstić information content (AvgIpc) is 2.27. The van der Waals surface area contributed by atoms with E-state index in [1.807, 2.05) is 0 Å². The van der Waals surface area contributed by atoms with Crippen molar-refractivity contribution in [3.8, 4) is 11.5 Å². The molecule has 0 saturated heterocycles. The molecule has 92 valence electrons. The van der Waals surface area contributed by atoms with E-state index in [4.69, 9.17) is 10.8 Å². The lowest BCUT2D eigenvalue weighted by Gasteiger charge is -2.09. The van der Waals surface area contributed by atoms with Gasteiger partial charge >= 0.3 is 5.97 Å². The highest BCUT2D eigenvalue weighted by molar-refractivity contribution is 6.15. The fourth-order valence-electron chi connectivity index (χ4n) is 1.84. The molecule has 0 atom stereocenters. The minimum absolute atomic E-state index is 0.132. The average molecular weight is 247 g/mol. The van der Waals surface area contributed by atoms with Crippen molar-refractivity contribution < 1.29 is 24.9 Å².